The van der Waals surface area contributed by atoms with Crippen molar-refractivity contribution in [2.75, 3.05) is 33.7 Å². The van der Waals surface area contributed by atoms with E-state index in [1.807, 2.05) is 7.05 Å². The highest BCUT2D eigenvalue weighted by Gasteiger charge is 2.20. The van der Waals surface area contributed by atoms with Crippen molar-refractivity contribution in [1.29, 1.82) is 0 Å². The molecule has 1 aromatic heterocycles. The van der Waals surface area contributed by atoms with Crippen LogP contribution >= 0.6 is 11.3 Å². The van der Waals surface area contributed by atoms with Crippen LogP contribution in [-0.4, -0.2) is 49.5 Å². The molecule has 17 heavy (non-hydrogen) atoms. The van der Waals surface area contributed by atoms with Crippen molar-refractivity contribution >= 4 is 17.2 Å². The predicted molar refractivity (Wildman–Crippen MR) is 68.4 cm³/mol. The van der Waals surface area contributed by atoms with Gasteiger partial charge >= 0.3 is 0 Å². The van der Waals surface area contributed by atoms with E-state index in [4.69, 9.17) is 0 Å². The summed E-state index contributed by atoms with van der Waals surface area (Å²) in [6.45, 7) is 3.32. The third kappa shape index (κ3) is 3.02. The van der Waals surface area contributed by atoms with Crippen molar-refractivity contribution in [1.82, 2.24) is 20.5 Å². The SMILES string of the molecule is CNCCNC(=O)c1nc2c(s1)CCN(C)C2. The molecule has 1 aromatic rings. The van der Waals surface area contributed by atoms with Gasteiger partial charge in [0.15, 0.2) is 5.01 Å². The third-order valence-corrected chi connectivity index (χ3v) is 3.93. The summed E-state index contributed by atoms with van der Waals surface area (Å²) in [6.07, 6.45) is 1.01. The number of amides is 1. The van der Waals surface area contributed by atoms with Crippen molar-refractivity contribution in [3.05, 3.63) is 15.6 Å². The van der Waals surface area contributed by atoms with E-state index >= 15 is 0 Å². The van der Waals surface area contributed by atoms with Gasteiger partial charge in [0.1, 0.15) is 0 Å². The van der Waals surface area contributed by atoms with Gasteiger partial charge in [-0.3, -0.25) is 4.79 Å². The summed E-state index contributed by atoms with van der Waals surface area (Å²) in [4.78, 5) is 19.7. The zero-order valence-electron chi connectivity index (χ0n) is 10.2. The topological polar surface area (TPSA) is 57.3 Å². The number of carbonyl (C=O) groups is 1. The van der Waals surface area contributed by atoms with Gasteiger partial charge in [0, 0.05) is 31.1 Å². The van der Waals surface area contributed by atoms with Gasteiger partial charge in [-0.1, -0.05) is 0 Å². The molecule has 2 heterocycles. The first-order valence-electron chi connectivity index (χ1n) is 5.80. The van der Waals surface area contributed by atoms with Gasteiger partial charge < -0.3 is 15.5 Å². The smallest absolute Gasteiger partial charge is 0.280 e. The summed E-state index contributed by atoms with van der Waals surface area (Å²) in [5, 5.41) is 6.44. The minimum atomic E-state index is -0.0534. The Balaban J connectivity index is 2.00. The van der Waals surface area contributed by atoms with Crippen molar-refractivity contribution in [3.8, 4) is 0 Å². The molecule has 5 nitrogen and oxygen atoms in total. The Morgan fingerprint density at radius 1 is 1.53 bits per heavy atom. The Labute approximate surface area is 105 Å². The van der Waals surface area contributed by atoms with E-state index < -0.39 is 0 Å². The molecular formula is C11H18N4OS. The molecule has 0 radical (unpaired) electrons. The second kappa shape index (κ2) is 5.57. The quantitative estimate of drug-likeness (QED) is 0.747. The first kappa shape index (κ1) is 12.5. The van der Waals surface area contributed by atoms with Crippen LogP contribution in [0.4, 0.5) is 0 Å². The molecule has 0 bridgehead atoms. The number of hydrogen-bond donors (Lipinski definition) is 2. The fraction of sp³-hybridized carbons (Fsp3) is 0.636. The molecule has 0 saturated carbocycles. The number of carbonyl (C=O) groups excluding carboxylic acids is 1. The van der Waals surface area contributed by atoms with Crippen LogP contribution in [0.5, 0.6) is 0 Å². The molecule has 0 spiro atoms. The lowest BCUT2D eigenvalue weighted by molar-refractivity contribution is 0.0953. The molecule has 94 valence electrons. The van der Waals surface area contributed by atoms with Crippen molar-refractivity contribution < 1.29 is 4.79 Å². The molecule has 2 rings (SSSR count). The summed E-state index contributed by atoms with van der Waals surface area (Å²) in [5.74, 6) is -0.0534. The summed E-state index contributed by atoms with van der Waals surface area (Å²) >= 11 is 1.53. The summed E-state index contributed by atoms with van der Waals surface area (Å²) < 4.78 is 0. The van der Waals surface area contributed by atoms with Crippen LogP contribution in [0.2, 0.25) is 0 Å². The van der Waals surface area contributed by atoms with Crippen LogP contribution in [0.3, 0.4) is 0 Å². The van der Waals surface area contributed by atoms with E-state index in [1.54, 1.807) is 0 Å². The van der Waals surface area contributed by atoms with Crippen LogP contribution in [-0.2, 0) is 13.0 Å². The van der Waals surface area contributed by atoms with E-state index in [0.717, 1.165) is 31.7 Å². The van der Waals surface area contributed by atoms with Crippen LogP contribution in [0.1, 0.15) is 20.4 Å². The molecule has 1 amide bonds. The maximum Gasteiger partial charge on any atom is 0.280 e. The highest BCUT2D eigenvalue weighted by Crippen LogP contribution is 2.24. The Bertz CT molecular complexity index is 404. The van der Waals surface area contributed by atoms with Gasteiger partial charge in [-0.2, -0.15) is 0 Å². The number of hydrogen-bond acceptors (Lipinski definition) is 5. The largest absolute Gasteiger partial charge is 0.349 e. The van der Waals surface area contributed by atoms with Crippen LogP contribution in [0.15, 0.2) is 0 Å². The molecule has 0 saturated heterocycles. The summed E-state index contributed by atoms with van der Waals surface area (Å²) in [5.41, 5.74) is 1.07. The molecule has 0 unspecified atom stereocenters. The van der Waals surface area contributed by atoms with Gasteiger partial charge in [0.05, 0.1) is 5.69 Å². The number of likely N-dealkylation sites (N-methyl/N-ethyl adjacent to an activating group) is 2. The Kier molecular flexibility index (Phi) is 4.09. The number of aromatic nitrogens is 1. The maximum atomic E-state index is 11.8. The van der Waals surface area contributed by atoms with E-state index in [2.05, 4.69) is 27.6 Å². The highest BCUT2D eigenvalue weighted by molar-refractivity contribution is 7.13. The first-order chi connectivity index (χ1) is 8.20. The van der Waals surface area contributed by atoms with Crippen molar-refractivity contribution in [3.63, 3.8) is 0 Å². The monoisotopic (exact) mass is 254 g/mol. The normalized spacial score (nSPS) is 15.6. The van der Waals surface area contributed by atoms with Gasteiger partial charge in [0.2, 0.25) is 0 Å². The van der Waals surface area contributed by atoms with Crippen molar-refractivity contribution in [2.45, 2.75) is 13.0 Å². The van der Waals surface area contributed by atoms with Gasteiger partial charge in [0.25, 0.3) is 5.91 Å². The number of nitrogens with one attached hydrogen (secondary N) is 2. The molecular weight excluding hydrogens is 236 g/mol. The Hall–Kier alpha value is -0.980. The molecule has 2 N–H and O–H groups in total. The lowest BCUT2D eigenvalue weighted by atomic mass is 10.2. The van der Waals surface area contributed by atoms with Crippen LogP contribution < -0.4 is 10.6 Å². The first-order valence-corrected chi connectivity index (χ1v) is 6.62. The Morgan fingerprint density at radius 2 is 2.35 bits per heavy atom. The fourth-order valence-electron chi connectivity index (χ4n) is 1.80. The van der Waals surface area contributed by atoms with Crippen LogP contribution in [0.25, 0.3) is 0 Å². The number of nitrogens with zero attached hydrogens (tertiary/aromatic N) is 2. The van der Waals surface area contributed by atoms with Gasteiger partial charge in [-0.05, 0) is 20.5 Å². The zero-order valence-corrected chi connectivity index (χ0v) is 11.1. The molecule has 0 aromatic carbocycles. The standard InChI is InChI=1S/C11H18N4OS/c1-12-4-5-13-10(16)11-14-8-7-15(2)6-3-9(8)17-11/h12H,3-7H2,1-2H3,(H,13,16). The predicted octanol–water partition coefficient (Wildman–Crippen LogP) is 0.0802. The summed E-state index contributed by atoms with van der Waals surface area (Å²) in [7, 11) is 3.94. The molecule has 0 atom stereocenters. The maximum absolute atomic E-state index is 11.8. The van der Waals surface area contributed by atoms with Gasteiger partial charge in [-0.15, -0.1) is 11.3 Å². The minimum Gasteiger partial charge on any atom is -0.349 e. The average Bonchev–Trinajstić information content (AvgIpc) is 2.72. The number of thiazole rings is 1. The second-order valence-corrected chi connectivity index (χ2v) is 5.32. The van der Waals surface area contributed by atoms with Crippen LogP contribution in [0, 0.1) is 0 Å². The van der Waals surface area contributed by atoms with Gasteiger partial charge in [-0.25, -0.2) is 4.98 Å². The lowest BCUT2D eigenvalue weighted by Gasteiger charge is -2.20. The molecule has 0 aliphatic carbocycles. The second-order valence-electron chi connectivity index (χ2n) is 4.24. The highest BCUT2D eigenvalue weighted by atomic mass is 32.1. The van der Waals surface area contributed by atoms with E-state index in [9.17, 15) is 4.79 Å². The molecule has 6 heteroatoms. The third-order valence-electron chi connectivity index (χ3n) is 2.77. The van der Waals surface area contributed by atoms with E-state index in [-0.39, 0.29) is 5.91 Å². The Morgan fingerprint density at radius 3 is 3.12 bits per heavy atom. The summed E-state index contributed by atoms with van der Waals surface area (Å²) in [6, 6.07) is 0. The fourth-order valence-corrected chi connectivity index (χ4v) is 2.78. The van der Waals surface area contributed by atoms with Crippen molar-refractivity contribution in [2.24, 2.45) is 0 Å². The van der Waals surface area contributed by atoms with E-state index in [1.165, 1.54) is 16.2 Å². The zero-order chi connectivity index (χ0) is 12.3. The molecule has 1 aliphatic rings. The molecule has 0 fully saturated rings. The number of fused-ring (bicyclic) bond motifs is 1. The minimum absolute atomic E-state index is 0.0534. The number of rotatable bonds is 4. The lowest BCUT2D eigenvalue weighted by Crippen LogP contribution is -2.30. The average molecular weight is 254 g/mol. The molecule has 1 aliphatic heterocycles. The van der Waals surface area contributed by atoms with E-state index in [0.29, 0.717) is 11.6 Å².